The molecule has 0 bridgehead atoms. The third-order valence-electron chi connectivity index (χ3n) is 2.29. The Hall–Kier alpha value is -1.98. The Balaban J connectivity index is 2.95. The Morgan fingerprint density at radius 1 is 1.47 bits per heavy atom. The molecular weight excluding hydrogens is 222 g/mol. The van der Waals surface area contributed by atoms with Crippen molar-refractivity contribution in [2.24, 2.45) is 0 Å². The second-order valence-corrected chi connectivity index (χ2v) is 3.73. The number of hydrogen-bond donors (Lipinski definition) is 2. The average molecular weight is 237 g/mol. The van der Waals surface area contributed by atoms with E-state index in [-0.39, 0.29) is 0 Å². The van der Waals surface area contributed by atoms with Crippen LogP contribution in [0.3, 0.4) is 0 Å². The molecule has 0 fully saturated rings. The van der Waals surface area contributed by atoms with Crippen molar-refractivity contribution in [3.63, 3.8) is 0 Å². The lowest BCUT2D eigenvalue weighted by Crippen LogP contribution is -2.38. The number of carbonyl (C=O) groups is 2. The van der Waals surface area contributed by atoms with Gasteiger partial charge in [-0.1, -0.05) is 6.92 Å². The topological polar surface area (TPSA) is 92.2 Å². The summed E-state index contributed by atoms with van der Waals surface area (Å²) >= 11 is 0. The van der Waals surface area contributed by atoms with E-state index in [1.165, 1.54) is 6.92 Å². The van der Waals surface area contributed by atoms with Crippen LogP contribution in [-0.4, -0.2) is 33.2 Å². The number of carbonyl (C=O) groups excluding carboxylic acids is 1. The Kier molecular flexibility index (Phi) is 4.14. The van der Waals surface area contributed by atoms with Crippen LogP contribution in [0.15, 0.2) is 6.07 Å². The van der Waals surface area contributed by atoms with Crippen molar-refractivity contribution < 1.29 is 14.7 Å². The van der Waals surface area contributed by atoms with Gasteiger partial charge in [0, 0.05) is 0 Å². The number of nitrogens with zero attached hydrogens (tertiary/aromatic N) is 2. The van der Waals surface area contributed by atoms with Crippen LogP contribution < -0.4 is 5.32 Å². The summed E-state index contributed by atoms with van der Waals surface area (Å²) in [5.74, 6) is -1.51. The Labute approximate surface area is 99.1 Å². The van der Waals surface area contributed by atoms with Crippen LogP contribution in [0.1, 0.15) is 35.6 Å². The largest absolute Gasteiger partial charge is 0.480 e. The molecule has 1 heterocycles. The van der Waals surface area contributed by atoms with E-state index in [9.17, 15) is 9.59 Å². The summed E-state index contributed by atoms with van der Waals surface area (Å²) in [5, 5.41) is 18.9. The number of hydrogen-bond acceptors (Lipinski definition) is 4. The molecule has 17 heavy (non-hydrogen) atoms. The number of rotatable bonds is 4. The number of aromatic nitrogens is 2. The molecule has 0 aromatic carbocycles. The van der Waals surface area contributed by atoms with Crippen molar-refractivity contribution in [3.05, 3.63) is 23.0 Å². The maximum absolute atomic E-state index is 11.8. The lowest BCUT2D eigenvalue weighted by Gasteiger charge is -2.11. The molecule has 0 saturated heterocycles. The Morgan fingerprint density at radius 2 is 2.12 bits per heavy atom. The van der Waals surface area contributed by atoms with Gasteiger partial charge in [-0.25, -0.2) is 0 Å². The van der Waals surface area contributed by atoms with E-state index in [1.807, 2.05) is 6.92 Å². The van der Waals surface area contributed by atoms with E-state index in [2.05, 4.69) is 15.5 Å². The zero-order valence-electron chi connectivity index (χ0n) is 10.0. The maximum atomic E-state index is 11.8. The third-order valence-corrected chi connectivity index (χ3v) is 2.29. The molecule has 6 heteroatoms. The summed E-state index contributed by atoms with van der Waals surface area (Å²) in [6.45, 7) is 4.99. The Morgan fingerprint density at radius 3 is 2.65 bits per heavy atom. The van der Waals surface area contributed by atoms with Gasteiger partial charge >= 0.3 is 5.97 Å². The molecule has 1 atom stereocenters. The average Bonchev–Trinajstić information content (AvgIpc) is 2.28. The molecular formula is C11H15N3O3. The van der Waals surface area contributed by atoms with Crippen LogP contribution in [0, 0.1) is 6.92 Å². The van der Waals surface area contributed by atoms with Gasteiger partial charge in [-0.2, -0.15) is 10.2 Å². The van der Waals surface area contributed by atoms with Gasteiger partial charge in [-0.3, -0.25) is 9.59 Å². The monoisotopic (exact) mass is 237 g/mol. The molecule has 0 spiro atoms. The zero-order valence-corrected chi connectivity index (χ0v) is 10.0. The van der Waals surface area contributed by atoms with Crippen LogP contribution in [0.4, 0.5) is 0 Å². The van der Waals surface area contributed by atoms with Crippen molar-refractivity contribution in [3.8, 4) is 0 Å². The van der Waals surface area contributed by atoms with Crippen LogP contribution >= 0.6 is 0 Å². The molecule has 92 valence electrons. The second-order valence-electron chi connectivity index (χ2n) is 3.73. The van der Waals surface area contributed by atoms with E-state index in [4.69, 9.17) is 5.11 Å². The fourth-order valence-corrected chi connectivity index (χ4v) is 1.31. The Bertz CT molecular complexity index is 446. The lowest BCUT2D eigenvalue weighted by molar-refractivity contribution is -0.138. The maximum Gasteiger partial charge on any atom is 0.325 e. The minimum absolute atomic E-state index is 0.382. The van der Waals surface area contributed by atoms with E-state index < -0.39 is 17.9 Å². The second kappa shape index (κ2) is 5.38. The summed E-state index contributed by atoms with van der Waals surface area (Å²) < 4.78 is 0. The zero-order chi connectivity index (χ0) is 13.0. The third kappa shape index (κ3) is 3.24. The predicted octanol–water partition coefficient (Wildman–Crippen LogP) is 0.550. The molecule has 1 unspecified atom stereocenters. The number of amides is 1. The molecule has 1 aromatic heterocycles. The van der Waals surface area contributed by atoms with E-state index in [0.717, 1.165) is 0 Å². The van der Waals surface area contributed by atoms with Crippen LogP contribution in [0.2, 0.25) is 0 Å². The van der Waals surface area contributed by atoms with Gasteiger partial charge in [0.25, 0.3) is 5.91 Å². The fraction of sp³-hybridized carbons (Fsp3) is 0.455. The lowest BCUT2D eigenvalue weighted by atomic mass is 10.1. The highest BCUT2D eigenvalue weighted by Crippen LogP contribution is 2.07. The van der Waals surface area contributed by atoms with Crippen molar-refractivity contribution in [2.45, 2.75) is 33.2 Å². The molecule has 6 nitrogen and oxygen atoms in total. The summed E-state index contributed by atoms with van der Waals surface area (Å²) in [7, 11) is 0. The molecule has 2 N–H and O–H groups in total. The van der Waals surface area contributed by atoms with Gasteiger partial charge < -0.3 is 10.4 Å². The normalized spacial score (nSPS) is 11.9. The molecule has 0 saturated carbocycles. The molecule has 0 aliphatic heterocycles. The van der Waals surface area contributed by atoms with Crippen molar-refractivity contribution in [1.82, 2.24) is 15.5 Å². The van der Waals surface area contributed by atoms with Gasteiger partial charge in [0.1, 0.15) is 6.04 Å². The SMILES string of the molecule is CCc1nnc(C)cc1C(=O)NC(C)C(=O)O. The van der Waals surface area contributed by atoms with Gasteiger partial charge in [0.2, 0.25) is 0 Å². The van der Waals surface area contributed by atoms with Gasteiger partial charge in [0.05, 0.1) is 17.0 Å². The first-order chi connectivity index (χ1) is 7.95. The summed E-state index contributed by atoms with van der Waals surface area (Å²) in [6.07, 6.45) is 0.567. The van der Waals surface area contributed by atoms with Crippen molar-refractivity contribution in [1.29, 1.82) is 0 Å². The van der Waals surface area contributed by atoms with Gasteiger partial charge in [-0.05, 0) is 26.3 Å². The van der Waals surface area contributed by atoms with E-state index in [1.54, 1.807) is 13.0 Å². The van der Waals surface area contributed by atoms with E-state index in [0.29, 0.717) is 23.4 Å². The first-order valence-corrected chi connectivity index (χ1v) is 5.32. The standard InChI is InChI=1S/C11H15N3O3/c1-4-9-8(5-6(2)13-14-9)10(15)12-7(3)11(16)17/h5,7H,4H2,1-3H3,(H,12,15)(H,16,17). The van der Waals surface area contributed by atoms with Crippen molar-refractivity contribution in [2.75, 3.05) is 0 Å². The first-order valence-electron chi connectivity index (χ1n) is 5.32. The minimum Gasteiger partial charge on any atom is -0.480 e. The smallest absolute Gasteiger partial charge is 0.325 e. The number of carboxylic acids is 1. The fourth-order valence-electron chi connectivity index (χ4n) is 1.31. The number of aryl methyl sites for hydroxylation is 2. The molecule has 1 rings (SSSR count). The molecule has 1 amide bonds. The van der Waals surface area contributed by atoms with Crippen LogP contribution in [0.5, 0.6) is 0 Å². The molecule has 0 aliphatic rings. The first kappa shape index (κ1) is 13.1. The summed E-state index contributed by atoms with van der Waals surface area (Å²) in [5.41, 5.74) is 1.56. The van der Waals surface area contributed by atoms with Crippen LogP contribution in [0.25, 0.3) is 0 Å². The number of aliphatic carboxylic acids is 1. The highest BCUT2D eigenvalue weighted by molar-refractivity contribution is 5.97. The molecule has 1 aromatic rings. The van der Waals surface area contributed by atoms with E-state index >= 15 is 0 Å². The number of nitrogens with one attached hydrogen (secondary N) is 1. The highest BCUT2D eigenvalue weighted by Gasteiger charge is 2.18. The quantitative estimate of drug-likeness (QED) is 0.797. The van der Waals surface area contributed by atoms with Crippen LogP contribution in [-0.2, 0) is 11.2 Å². The predicted molar refractivity (Wildman–Crippen MR) is 60.7 cm³/mol. The van der Waals surface area contributed by atoms with Gasteiger partial charge in [-0.15, -0.1) is 0 Å². The molecule has 0 radical (unpaired) electrons. The summed E-state index contributed by atoms with van der Waals surface area (Å²) in [6, 6.07) is 0.677. The minimum atomic E-state index is -1.07. The number of carboxylic acid groups (broad SMARTS) is 1. The highest BCUT2D eigenvalue weighted by atomic mass is 16.4. The van der Waals surface area contributed by atoms with Crippen molar-refractivity contribution >= 4 is 11.9 Å². The summed E-state index contributed by atoms with van der Waals surface area (Å²) in [4.78, 5) is 22.5. The molecule has 0 aliphatic carbocycles. The van der Waals surface area contributed by atoms with Gasteiger partial charge in [0.15, 0.2) is 0 Å².